The number of aliphatic hydroxyl groups excluding tert-OH is 2. The molecule has 0 aliphatic carbocycles. The van der Waals surface area contributed by atoms with Crippen LogP contribution in [0.1, 0.15) is 11.7 Å². The summed E-state index contributed by atoms with van der Waals surface area (Å²) >= 11 is 0. The van der Waals surface area contributed by atoms with Gasteiger partial charge in [-0.2, -0.15) is 8.78 Å². The third kappa shape index (κ3) is 4.23. The van der Waals surface area contributed by atoms with Crippen LogP contribution in [-0.2, 0) is 0 Å². The number of alkyl halides is 2. The maximum atomic E-state index is 12.1. The molecule has 2 atom stereocenters. The lowest BCUT2D eigenvalue weighted by Crippen LogP contribution is -2.21. The summed E-state index contributed by atoms with van der Waals surface area (Å²) in [6, 6.07) is 3.73. The molecule has 1 aromatic rings. The Hall–Kier alpha value is -2.09. The normalized spacial score (nSPS) is 13.5. The van der Waals surface area contributed by atoms with Crippen LogP contribution in [0.2, 0.25) is 0 Å². The highest BCUT2D eigenvalue weighted by atomic mass is 19.3. The van der Waals surface area contributed by atoms with E-state index >= 15 is 0 Å². The lowest BCUT2D eigenvalue weighted by molar-refractivity contribution is -0.0512. The summed E-state index contributed by atoms with van der Waals surface area (Å²) in [6.07, 6.45) is -2.67. The molecule has 0 aromatic heterocycles. The number of nitrogens with zero attached hydrogens (tertiary/aromatic N) is 3. The monoisotopic (exact) mass is 289 g/mol. The van der Waals surface area contributed by atoms with Gasteiger partial charge in [-0.25, -0.2) is 0 Å². The van der Waals surface area contributed by atoms with E-state index in [1.165, 1.54) is 25.3 Å². The smallest absolute Gasteiger partial charge is 0.387 e. The molecule has 0 saturated carbocycles. The molecule has 7 nitrogen and oxygen atoms in total. The Balaban J connectivity index is 2.93. The van der Waals surface area contributed by atoms with Gasteiger partial charge in [-0.15, -0.1) is 0 Å². The van der Waals surface area contributed by atoms with E-state index in [4.69, 9.17) is 10.3 Å². The molecule has 1 aromatic carbocycles. The molecule has 0 heterocycles. The second-order valence-corrected chi connectivity index (χ2v) is 3.71. The standard InChI is InChI=1S/C11H13F2N3O4/c1-19-9-4-6(2-3-8(9)20-11(12)13)10(18)7(17)5-15-16-14/h2-4,7,10-11,17-18H,5H2,1H3. The van der Waals surface area contributed by atoms with Crippen molar-refractivity contribution in [3.8, 4) is 11.5 Å². The Labute approximate surface area is 113 Å². The van der Waals surface area contributed by atoms with Gasteiger partial charge in [0.2, 0.25) is 0 Å². The highest BCUT2D eigenvalue weighted by Gasteiger charge is 2.20. The number of azide groups is 1. The highest BCUT2D eigenvalue weighted by molar-refractivity contribution is 5.43. The van der Waals surface area contributed by atoms with Crippen LogP contribution in [0.5, 0.6) is 11.5 Å². The van der Waals surface area contributed by atoms with E-state index in [0.29, 0.717) is 0 Å². The van der Waals surface area contributed by atoms with Crippen molar-refractivity contribution in [3.05, 3.63) is 34.2 Å². The summed E-state index contributed by atoms with van der Waals surface area (Å²) in [5.74, 6) is -0.208. The fourth-order valence-electron chi connectivity index (χ4n) is 1.50. The van der Waals surface area contributed by atoms with Crippen molar-refractivity contribution in [2.45, 2.75) is 18.8 Å². The number of methoxy groups -OCH3 is 1. The Morgan fingerprint density at radius 2 is 2.05 bits per heavy atom. The molecule has 0 radical (unpaired) electrons. The van der Waals surface area contributed by atoms with Crippen LogP contribution in [0.4, 0.5) is 8.78 Å². The largest absolute Gasteiger partial charge is 0.493 e. The summed E-state index contributed by atoms with van der Waals surface area (Å²) in [7, 11) is 1.25. The van der Waals surface area contributed by atoms with Gasteiger partial charge in [0.15, 0.2) is 11.5 Å². The SMILES string of the molecule is COc1cc(C(O)C(O)CN=[N+]=[N-])ccc1OC(F)F. The quantitative estimate of drug-likeness (QED) is 0.454. The minimum atomic E-state index is -3.00. The molecule has 9 heteroatoms. The van der Waals surface area contributed by atoms with Crippen LogP contribution < -0.4 is 9.47 Å². The minimum absolute atomic E-state index is 0.0159. The van der Waals surface area contributed by atoms with Gasteiger partial charge in [-0.3, -0.25) is 0 Å². The van der Waals surface area contributed by atoms with Crippen LogP contribution in [0, 0.1) is 0 Å². The number of hydrogen-bond acceptors (Lipinski definition) is 5. The highest BCUT2D eigenvalue weighted by Crippen LogP contribution is 2.32. The Morgan fingerprint density at radius 1 is 1.35 bits per heavy atom. The van der Waals surface area contributed by atoms with Crippen molar-refractivity contribution in [2.24, 2.45) is 5.11 Å². The number of ether oxygens (including phenoxy) is 2. The first-order valence-corrected chi connectivity index (χ1v) is 5.49. The fraction of sp³-hybridized carbons (Fsp3) is 0.455. The average molecular weight is 289 g/mol. The number of benzene rings is 1. The molecule has 0 fully saturated rings. The molecule has 0 amide bonds. The van der Waals surface area contributed by atoms with Crippen LogP contribution in [0.15, 0.2) is 23.3 Å². The zero-order chi connectivity index (χ0) is 15.1. The third-order valence-corrected chi connectivity index (χ3v) is 2.44. The van der Waals surface area contributed by atoms with Gasteiger partial charge in [-0.1, -0.05) is 11.2 Å². The maximum absolute atomic E-state index is 12.1. The van der Waals surface area contributed by atoms with Crippen molar-refractivity contribution in [1.29, 1.82) is 0 Å². The predicted octanol–water partition coefficient (Wildman–Crippen LogP) is 2.00. The van der Waals surface area contributed by atoms with Gasteiger partial charge in [0.05, 0.1) is 19.8 Å². The van der Waals surface area contributed by atoms with E-state index in [9.17, 15) is 19.0 Å². The van der Waals surface area contributed by atoms with Gasteiger partial charge >= 0.3 is 6.61 Å². The number of rotatable bonds is 7. The van der Waals surface area contributed by atoms with Gasteiger partial charge in [-0.05, 0) is 23.2 Å². The van der Waals surface area contributed by atoms with Gasteiger partial charge < -0.3 is 19.7 Å². The lowest BCUT2D eigenvalue weighted by Gasteiger charge is -2.18. The van der Waals surface area contributed by atoms with E-state index in [0.717, 1.165) is 0 Å². The van der Waals surface area contributed by atoms with E-state index in [2.05, 4.69) is 14.8 Å². The predicted molar refractivity (Wildman–Crippen MR) is 64.6 cm³/mol. The zero-order valence-corrected chi connectivity index (χ0v) is 10.5. The second-order valence-electron chi connectivity index (χ2n) is 3.71. The van der Waals surface area contributed by atoms with Gasteiger partial charge in [0.25, 0.3) is 0 Å². The molecule has 0 bridgehead atoms. The molecule has 2 unspecified atom stereocenters. The molecule has 0 aliphatic heterocycles. The first-order valence-electron chi connectivity index (χ1n) is 5.49. The van der Waals surface area contributed by atoms with E-state index in [-0.39, 0.29) is 23.6 Å². The van der Waals surface area contributed by atoms with Crippen molar-refractivity contribution in [2.75, 3.05) is 13.7 Å². The average Bonchev–Trinajstić information content (AvgIpc) is 2.43. The van der Waals surface area contributed by atoms with Crippen molar-refractivity contribution in [3.63, 3.8) is 0 Å². The van der Waals surface area contributed by atoms with E-state index in [1.54, 1.807) is 0 Å². The van der Waals surface area contributed by atoms with Crippen LogP contribution in [0.25, 0.3) is 10.4 Å². The maximum Gasteiger partial charge on any atom is 0.387 e. The van der Waals surface area contributed by atoms with Crippen LogP contribution in [-0.4, -0.2) is 36.6 Å². The van der Waals surface area contributed by atoms with Gasteiger partial charge in [0.1, 0.15) is 6.10 Å². The number of hydrogen-bond donors (Lipinski definition) is 2. The molecule has 20 heavy (non-hydrogen) atoms. The third-order valence-electron chi connectivity index (χ3n) is 2.44. The summed E-state index contributed by atoms with van der Waals surface area (Å²) in [6.45, 7) is -3.33. The van der Waals surface area contributed by atoms with Crippen LogP contribution in [0.3, 0.4) is 0 Å². The van der Waals surface area contributed by atoms with Gasteiger partial charge in [0, 0.05) is 4.91 Å². The zero-order valence-electron chi connectivity index (χ0n) is 10.5. The van der Waals surface area contributed by atoms with E-state index < -0.39 is 18.8 Å². The van der Waals surface area contributed by atoms with E-state index in [1.807, 2.05) is 0 Å². The van der Waals surface area contributed by atoms with Crippen LogP contribution >= 0.6 is 0 Å². The molecule has 0 aliphatic rings. The number of aliphatic hydroxyl groups is 2. The topological polar surface area (TPSA) is 108 Å². The molecule has 0 spiro atoms. The molecule has 0 saturated heterocycles. The van der Waals surface area contributed by atoms with Crippen molar-refractivity contribution < 1.29 is 28.5 Å². The second kappa shape index (κ2) is 7.49. The molecular formula is C11H13F2N3O4. The Bertz CT molecular complexity index is 495. The van der Waals surface area contributed by atoms with Crippen molar-refractivity contribution >= 4 is 0 Å². The summed E-state index contributed by atoms with van der Waals surface area (Å²) in [5, 5.41) is 22.5. The molecule has 110 valence electrons. The summed E-state index contributed by atoms with van der Waals surface area (Å²) in [5.41, 5.74) is 8.34. The molecule has 2 N–H and O–H groups in total. The minimum Gasteiger partial charge on any atom is -0.493 e. The first-order chi connectivity index (χ1) is 9.49. The molecule has 1 rings (SSSR count). The summed E-state index contributed by atoms with van der Waals surface area (Å²) < 4.78 is 33.4. The summed E-state index contributed by atoms with van der Waals surface area (Å²) in [4.78, 5) is 2.46. The fourth-order valence-corrected chi connectivity index (χ4v) is 1.50. The number of halogens is 2. The van der Waals surface area contributed by atoms with Crippen molar-refractivity contribution in [1.82, 2.24) is 0 Å². The first kappa shape index (κ1) is 16.0. The lowest BCUT2D eigenvalue weighted by atomic mass is 10.0. The molecular weight excluding hydrogens is 276 g/mol. The Kier molecular flexibility index (Phi) is 5.98. The Morgan fingerprint density at radius 3 is 2.60 bits per heavy atom.